The maximum absolute atomic E-state index is 14.4. The lowest BCUT2D eigenvalue weighted by Crippen LogP contribution is -2.58. The number of hydrogen-bond donors (Lipinski definition) is 5. The highest BCUT2D eigenvalue weighted by Gasteiger charge is 2.44. The molecule has 4 atom stereocenters. The number of aromatic nitrogens is 5. The first-order valence-electron chi connectivity index (χ1n) is 27.4. The number of carbonyl (C=O) groups is 3. The monoisotopic (exact) mass is 1190 g/mol. The minimum Gasteiger partial charge on any atom is -0.474 e. The fourth-order valence-corrected chi connectivity index (χ4v) is 11.3. The Balaban J connectivity index is 0.641. The van der Waals surface area contributed by atoms with Gasteiger partial charge >= 0.3 is 0 Å². The van der Waals surface area contributed by atoms with Crippen molar-refractivity contribution in [2.75, 3.05) is 110 Å². The van der Waals surface area contributed by atoms with Gasteiger partial charge in [0.15, 0.2) is 11.5 Å². The number of anilines is 1. The number of likely N-dealkylation sites (tertiary alicyclic amines) is 1. The normalized spacial score (nSPS) is 17.2. The van der Waals surface area contributed by atoms with Gasteiger partial charge in [-0.15, -0.1) is 11.3 Å². The Bertz CT molecular complexity index is 3200. The fourth-order valence-electron chi connectivity index (χ4n) is 9.24. The molecule has 4 unspecified atom stereocenters. The van der Waals surface area contributed by atoms with Crippen LogP contribution in [0.25, 0.3) is 32.9 Å². The van der Waals surface area contributed by atoms with Crippen LogP contribution in [0.5, 0.6) is 5.88 Å². The Hall–Kier alpha value is -6.59. The molecule has 8 rings (SSSR count). The molecular weight excluding hydrogens is 1120 g/mol. The van der Waals surface area contributed by atoms with Crippen molar-refractivity contribution in [2.45, 2.75) is 76.8 Å². The molecule has 0 spiro atoms. The maximum Gasteiger partial charge on any atom is 0.264 e. The summed E-state index contributed by atoms with van der Waals surface area (Å²) in [6.45, 7) is 14.9. The fraction of sp³-hybridized carbons (Fsp3) is 0.491. The number of hydrogen-bond acceptors (Lipinski definition) is 19. The predicted molar refractivity (Wildman–Crippen MR) is 306 cm³/mol. The number of aliphatic hydroxyl groups excluding tert-OH is 1. The zero-order valence-corrected chi connectivity index (χ0v) is 48.9. The lowest BCUT2D eigenvalue weighted by atomic mass is 9.85. The number of β-amino-alcohol motifs (C(OH)–C–C–N with tert-alkyl or cyclic N) is 1. The minimum absolute atomic E-state index is 0.0284. The molecule has 83 heavy (non-hydrogen) atoms. The van der Waals surface area contributed by atoms with Crippen molar-refractivity contribution in [3.8, 4) is 27.7 Å². The summed E-state index contributed by atoms with van der Waals surface area (Å²) < 4.78 is 83.1. The van der Waals surface area contributed by atoms with Crippen LogP contribution in [-0.4, -0.2) is 196 Å². The van der Waals surface area contributed by atoms with E-state index in [-0.39, 0.29) is 63.6 Å². The largest absolute Gasteiger partial charge is 0.474 e. The van der Waals surface area contributed by atoms with E-state index in [9.17, 15) is 32.3 Å². The zero-order chi connectivity index (χ0) is 58.9. The zero-order valence-electron chi connectivity index (χ0n) is 47.3. The Morgan fingerprint density at radius 3 is 2.23 bits per heavy atom. The number of thiazole rings is 1. The van der Waals surface area contributed by atoms with Gasteiger partial charge in [-0.1, -0.05) is 51.1 Å². The molecule has 5 N–H and O–H groups in total. The lowest BCUT2D eigenvalue weighted by Gasteiger charge is -2.35. The topological polar surface area (TPSA) is 280 Å². The molecule has 3 aromatic heterocycles. The second kappa shape index (κ2) is 29.8. The number of nitrogens with zero attached hydrogens (tertiary/aromatic N) is 6. The number of sulfonamides is 1. The number of nitrogens with one attached hydrogen (secondary N) is 4. The number of aryl methyl sites for hydroxylation is 2. The maximum atomic E-state index is 14.4. The van der Waals surface area contributed by atoms with Crippen molar-refractivity contribution < 1.29 is 65.5 Å². The molecule has 0 radical (unpaired) electrons. The number of aromatic amines is 1. The van der Waals surface area contributed by atoms with Crippen molar-refractivity contribution in [2.24, 2.45) is 5.41 Å². The first-order valence-corrected chi connectivity index (χ1v) is 29.8. The Kier molecular flexibility index (Phi) is 22.4. The van der Waals surface area contributed by atoms with E-state index in [1.54, 1.807) is 54.2 Å². The summed E-state index contributed by atoms with van der Waals surface area (Å²) >= 11 is 1.57. The number of carbonyl (C=O) groups excluding carboxylic acids is 3. The third kappa shape index (κ3) is 18.0. The van der Waals surface area contributed by atoms with E-state index < -0.39 is 56.2 Å². The third-order valence-electron chi connectivity index (χ3n) is 13.7. The number of morpholine rings is 1. The molecule has 0 saturated carbocycles. The molecule has 3 amide bonds. The van der Waals surface area contributed by atoms with E-state index in [0.29, 0.717) is 99.8 Å². The molecule has 23 nitrogen and oxygen atoms in total. The average molecular weight is 1190 g/mol. The third-order valence-corrected chi connectivity index (χ3v) is 16.0. The van der Waals surface area contributed by atoms with E-state index in [1.807, 2.05) is 52.0 Å². The van der Waals surface area contributed by atoms with E-state index in [0.717, 1.165) is 34.3 Å². The molecule has 2 aliphatic rings. The van der Waals surface area contributed by atoms with Crippen LogP contribution >= 0.6 is 11.3 Å². The Morgan fingerprint density at radius 2 is 1.55 bits per heavy atom. The highest BCUT2D eigenvalue weighted by atomic mass is 32.2. The van der Waals surface area contributed by atoms with Gasteiger partial charge in [0.25, 0.3) is 10.0 Å². The number of ether oxygens (including phenoxy) is 7. The SMILES string of the molecule is Cc1ccc(F)c(S(=O)(=O)Nc2ccc(-c3nc(OCC4CN(CCOCCOCCOCCOCCOCC(=O)NC(C(=O)N5CC(O)CC5C(=O)NCc5ccc(-c6scnc6C)cc5)C(C)(C)C)CCO4)c4cn[nH]c4n3)cc2)c1. The molecule has 0 bridgehead atoms. The summed E-state index contributed by atoms with van der Waals surface area (Å²) in [5.74, 6) is -1.54. The molecule has 26 heteroatoms. The van der Waals surface area contributed by atoms with Gasteiger partial charge in [-0.05, 0) is 72.4 Å². The van der Waals surface area contributed by atoms with Gasteiger partial charge in [0.2, 0.25) is 23.6 Å². The van der Waals surface area contributed by atoms with Crippen LogP contribution in [0, 0.1) is 25.1 Å². The van der Waals surface area contributed by atoms with Crippen LogP contribution in [0.3, 0.4) is 0 Å². The average Bonchev–Trinajstić information content (AvgIpc) is 4.48. The highest BCUT2D eigenvalue weighted by Crippen LogP contribution is 2.30. The number of fused-ring (bicyclic) bond motifs is 1. The molecule has 2 saturated heterocycles. The van der Waals surface area contributed by atoms with E-state index in [1.165, 1.54) is 17.0 Å². The lowest BCUT2D eigenvalue weighted by molar-refractivity contribution is -0.144. The van der Waals surface area contributed by atoms with Crippen molar-refractivity contribution in [1.29, 1.82) is 0 Å². The summed E-state index contributed by atoms with van der Waals surface area (Å²) in [6, 6.07) is 16.3. The summed E-state index contributed by atoms with van der Waals surface area (Å²) in [5.41, 5.74) is 5.87. The number of amides is 3. The molecule has 2 fully saturated rings. The molecule has 2 aliphatic heterocycles. The smallest absolute Gasteiger partial charge is 0.264 e. The van der Waals surface area contributed by atoms with Crippen LogP contribution in [0.1, 0.15) is 44.0 Å². The van der Waals surface area contributed by atoms with Crippen molar-refractivity contribution in [3.05, 3.63) is 101 Å². The molecule has 3 aromatic carbocycles. The predicted octanol–water partition coefficient (Wildman–Crippen LogP) is 4.67. The van der Waals surface area contributed by atoms with Gasteiger partial charge in [0.05, 0.1) is 94.5 Å². The van der Waals surface area contributed by atoms with Crippen molar-refractivity contribution in [1.82, 2.24) is 45.6 Å². The van der Waals surface area contributed by atoms with Gasteiger partial charge in [0, 0.05) is 50.4 Å². The number of benzene rings is 3. The number of rotatable bonds is 30. The van der Waals surface area contributed by atoms with Crippen LogP contribution < -0.4 is 20.1 Å². The molecule has 5 heterocycles. The first kappa shape index (κ1) is 62.5. The highest BCUT2D eigenvalue weighted by molar-refractivity contribution is 7.92. The molecule has 0 aliphatic carbocycles. The van der Waals surface area contributed by atoms with Gasteiger partial charge in [0.1, 0.15) is 47.5 Å². The van der Waals surface area contributed by atoms with E-state index in [2.05, 4.69) is 45.4 Å². The van der Waals surface area contributed by atoms with Gasteiger partial charge in [-0.25, -0.2) is 22.8 Å². The second-order valence-electron chi connectivity index (χ2n) is 21.2. The molecular formula is C57H73FN10O13S2. The van der Waals surface area contributed by atoms with Crippen LogP contribution in [0.4, 0.5) is 10.1 Å². The number of H-pyrrole nitrogens is 1. The second-order valence-corrected chi connectivity index (χ2v) is 23.7. The molecule has 6 aromatic rings. The van der Waals surface area contributed by atoms with Gasteiger partial charge in [-0.3, -0.25) is 29.1 Å². The van der Waals surface area contributed by atoms with Gasteiger partial charge < -0.3 is 53.8 Å². The first-order chi connectivity index (χ1) is 39.9. The van der Waals surface area contributed by atoms with Crippen molar-refractivity contribution in [3.63, 3.8) is 0 Å². The van der Waals surface area contributed by atoms with Gasteiger partial charge in [-0.2, -0.15) is 10.1 Å². The van der Waals surface area contributed by atoms with E-state index in [4.69, 9.17) is 33.2 Å². The van der Waals surface area contributed by atoms with Crippen molar-refractivity contribution >= 4 is 55.8 Å². The summed E-state index contributed by atoms with van der Waals surface area (Å²) in [7, 11) is -4.17. The Morgan fingerprint density at radius 1 is 0.880 bits per heavy atom. The summed E-state index contributed by atoms with van der Waals surface area (Å²) in [5, 5.41) is 23.8. The van der Waals surface area contributed by atoms with Crippen LogP contribution in [0.15, 0.2) is 83.3 Å². The van der Waals surface area contributed by atoms with Crippen LogP contribution in [-0.2, 0) is 59.4 Å². The number of aliphatic hydroxyl groups is 1. The summed E-state index contributed by atoms with van der Waals surface area (Å²) in [6.07, 6.45) is 0.546. The quantitative estimate of drug-likeness (QED) is 0.0383. The minimum atomic E-state index is -4.17. The summed E-state index contributed by atoms with van der Waals surface area (Å²) in [4.78, 5) is 58.2. The Labute approximate surface area is 486 Å². The number of halogens is 1. The van der Waals surface area contributed by atoms with Crippen LogP contribution in [0.2, 0.25) is 0 Å². The van der Waals surface area contributed by atoms with E-state index >= 15 is 0 Å². The standard InChI is InChI=1S/C57H73FN10O13S2/c1-37-6-15-46(58)48(28-37)83(73,74)66-42-13-11-41(12-14-42)52-63-53-45(31-61-65-53)55(64-52)81-34-44-33-67(17-19-80-44)16-18-75-20-21-76-22-23-77-24-25-78-26-27-79-35-49(70)62-51(57(3,4)5)56(72)68-32-43(69)29-47(68)54(71)59-30-39-7-9-40(10-8-39)50-38(2)60-36-82-50/h6-15,28,31,36,43-44,47,51,66,69H,16-27,29-30,32-35H2,1-5H3,(H,59,71)(H,62,70)(H,61,63,64,65). The molecule has 448 valence electrons.